The highest BCUT2D eigenvalue weighted by molar-refractivity contribution is 9.10. The maximum absolute atomic E-state index is 12.4. The number of nitrogens with zero attached hydrogens (tertiary/aromatic N) is 4. The predicted molar refractivity (Wildman–Crippen MR) is 108 cm³/mol. The van der Waals surface area contributed by atoms with Crippen LogP contribution in [-0.2, 0) is 11.3 Å². The van der Waals surface area contributed by atoms with Crippen LogP contribution in [0.1, 0.15) is 16.4 Å². The lowest BCUT2D eigenvalue weighted by atomic mass is 10.3. The lowest BCUT2D eigenvalue weighted by Crippen LogP contribution is -2.50. The smallest absolute Gasteiger partial charge is 0.287 e. The van der Waals surface area contributed by atoms with Crippen molar-refractivity contribution in [2.75, 3.05) is 32.7 Å². The zero-order valence-electron chi connectivity index (χ0n) is 15.3. The first-order valence-corrected chi connectivity index (χ1v) is 10.7. The highest BCUT2D eigenvalue weighted by Gasteiger charge is 2.23. The van der Waals surface area contributed by atoms with Crippen LogP contribution in [0.3, 0.4) is 0 Å². The van der Waals surface area contributed by atoms with Crippen molar-refractivity contribution in [3.63, 3.8) is 0 Å². The Morgan fingerprint density at radius 2 is 2.03 bits per heavy atom. The van der Waals surface area contributed by atoms with Crippen LogP contribution in [0, 0.1) is 0 Å². The maximum Gasteiger partial charge on any atom is 0.287 e. The Morgan fingerprint density at radius 3 is 2.72 bits per heavy atom. The van der Waals surface area contributed by atoms with Crippen LogP contribution in [0.25, 0.3) is 10.7 Å². The molecule has 152 valence electrons. The average molecular weight is 480 g/mol. The fourth-order valence-corrected chi connectivity index (χ4v) is 3.92. The second-order valence-corrected chi connectivity index (χ2v) is 8.16. The summed E-state index contributed by atoms with van der Waals surface area (Å²) in [7, 11) is 0. The first-order chi connectivity index (χ1) is 14.1. The van der Waals surface area contributed by atoms with Crippen molar-refractivity contribution in [2.45, 2.75) is 6.54 Å². The summed E-state index contributed by atoms with van der Waals surface area (Å²) in [5, 5.41) is 8.57. The summed E-state index contributed by atoms with van der Waals surface area (Å²) >= 11 is 4.71. The van der Waals surface area contributed by atoms with Gasteiger partial charge < -0.3 is 19.2 Å². The summed E-state index contributed by atoms with van der Waals surface area (Å²) in [4.78, 5) is 33.6. The van der Waals surface area contributed by atoms with Crippen LogP contribution in [0.5, 0.6) is 0 Å². The Labute approximate surface area is 178 Å². The van der Waals surface area contributed by atoms with Gasteiger partial charge in [0.05, 0.1) is 18.0 Å². The van der Waals surface area contributed by atoms with Gasteiger partial charge in [0.1, 0.15) is 0 Å². The minimum absolute atomic E-state index is 0.0645. The van der Waals surface area contributed by atoms with E-state index in [-0.39, 0.29) is 18.2 Å². The Morgan fingerprint density at radius 1 is 1.21 bits per heavy atom. The van der Waals surface area contributed by atoms with E-state index in [9.17, 15) is 9.59 Å². The van der Waals surface area contributed by atoms with Gasteiger partial charge in [-0.1, -0.05) is 11.2 Å². The Balaban J connectivity index is 1.22. The van der Waals surface area contributed by atoms with Gasteiger partial charge in [-0.05, 0) is 39.5 Å². The number of furan rings is 1. The molecule has 4 heterocycles. The number of carbonyl (C=O) groups is 2. The molecule has 0 unspecified atom stereocenters. The van der Waals surface area contributed by atoms with Crippen LogP contribution in [-0.4, -0.2) is 64.5 Å². The molecule has 0 radical (unpaired) electrons. The molecular weight excluding hydrogens is 462 g/mol. The summed E-state index contributed by atoms with van der Waals surface area (Å²) in [6.07, 6.45) is 0. The summed E-state index contributed by atoms with van der Waals surface area (Å²) in [6, 6.07) is 7.07. The molecule has 2 amide bonds. The molecule has 0 spiro atoms. The van der Waals surface area contributed by atoms with Crippen molar-refractivity contribution in [3.05, 3.63) is 46.0 Å². The lowest BCUT2D eigenvalue weighted by Gasteiger charge is -2.33. The number of halogens is 1. The van der Waals surface area contributed by atoms with Crippen LogP contribution in [0.15, 0.2) is 43.3 Å². The van der Waals surface area contributed by atoms with Gasteiger partial charge in [-0.2, -0.15) is 4.98 Å². The normalized spacial score (nSPS) is 14.9. The van der Waals surface area contributed by atoms with E-state index in [1.807, 2.05) is 17.5 Å². The summed E-state index contributed by atoms with van der Waals surface area (Å²) in [5.41, 5.74) is 0. The lowest BCUT2D eigenvalue weighted by molar-refractivity contribution is -0.131. The molecule has 1 N–H and O–H groups in total. The number of thiophene rings is 1. The van der Waals surface area contributed by atoms with Gasteiger partial charge in [-0.25, -0.2) is 0 Å². The van der Waals surface area contributed by atoms with E-state index in [0.29, 0.717) is 49.1 Å². The van der Waals surface area contributed by atoms with Gasteiger partial charge in [0, 0.05) is 26.2 Å². The van der Waals surface area contributed by atoms with Gasteiger partial charge >= 0.3 is 0 Å². The van der Waals surface area contributed by atoms with E-state index in [2.05, 4.69) is 36.3 Å². The third-order valence-electron chi connectivity index (χ3n) is 4.49. The average Bonchev–Trinajstić information content (AvgIpc) is 3.48. The number of hydrogen-bond acceptors (Lipinski definition) is 8. The van der Waals surface area contributed by atoms with E-state index in [1.54, 1.807) is 28.4 Å². The minimum atomic E-state index is -0.416. The van der Waals surface area contributed by atoms with Crippen molar-refractivity contribution >= 4 is 39.1 Å². The van der Waals surface area contributed by atoms with E-state index in [4.69, 9.17) is 8.94 Å². The SMILES string of the molecule is O=C(NCC(=O)N1CCN(Cc2nc(-c3cccs3)no2)CC1)c1ccc(Br)o1. The molecule has 0 aromatic carbocycles. The zero-order valence-corrected chi connectivity index (χ0v) is 17.7. The molecule has 11 heteroatoms. The molecule has 1 aliphatic rings. The summed E-state index contributed by atoms with van der Waals surface area (Å²) in [6.45, 7) is 3.03. The molecule has 1 fully saturated rings. The second-order valence-electron chi connectivity index (χ2n) is 6.43. The highest BCUT2D eigenvalue weighted by atomic mass is 79.9. The zero-order chi connectivity index (χ0) is 20.2. The summed E-state index contributed by atoms with van der Waals surface area (Å²) < 4.78 is 11.0. The van der Waals surface area contributed by atoms with Gasteiger partial charge in [-0.3, -0.25) is 14.5 Å². The van der Waals surface area contributed by atoms with E-state index < -0.39 is 5.91 Å². The third-order valence-corrected chi connectivity index (χ3v) is 5.78. The molecule has 0 aliphatic carbocycles. The van der Waals surface area contributed by atoms with Crippen molar-refractivity contribution in [1.29, 1.82) is 0 Å². The number of carbonyl (C=O) groups excluding carboxylic acids is 2. The number of rotatable bonds is 6. The highest BCUT2D eigenvalue weighted by Crippen LogP contribution is 2.21. The van der Waals surface area contributed by atoms with E-state index in [1.165, 1.54) is 0 Å². The number of piperazine rings is 1. The van der Waals surface area contributed by atoms with Crippen molar-refractivity contribution in [1.82, 2.24) is 25.3 Å². The fourth-order valence-electron chi connectivity index (χ4n) is 2.96. The van der Waals surface area contributed by atoms with Crippen molar-refractivity contribution in [2.24, 2.45) is 0 Å². The molecule has 3 aromatic heterocycles. The Bertz CT molecular complexity index is 978. The maximum atomic E-state index is 12.4. The van der Waals surface area contributed by atoms with Crippen LogP contribution in [0.2, 0.25) is 0 Å². The molecule has 0 atom stereocenters. The first kappa shape index (κ1) is 19.8. The summed E-state index contributed by atoms with van der Waals surface area (Å²) in [5.74, 6) is 0.783. The molecule has 3 aromatic rings. The quantitative estimate of drug-likeness (QED) is 0.577. The van der Waals surface area contributed by atoms with Crippen LogP contribution < -0.4 is 5.32 Å². The minimum Gasteiger partial charge on any atom is -0.444 e. The van der Waals surface area contributed by atoms with Gasteiger partial charge in [0.2, 0.25) is 17.6 Å². The Hall–Kier alpha value is -2.50. The molecule has 0 bridgehead atoms. The largest absolute Gasteiger partial charge is 0.444 e. The van der Waals surface area contributed by atoms with E-state index >= 15 is 0 Å². The predicted octanol–water partition coefficient (Wildman–Crippen LogP) is 2.23. The molecule has 0 saturated carbocycles. The molecule has 4 rings (SSSR count). The van der Waals surface area contributed by atoms with Crippen LogP contribution in [0.4, 0.5) is 0 Å². The molecule has 1 aliphatic heterocycles. The van der Waals surface area contributed by atoms with Gasteiger partial charge in [-0.15, -0.1) is 11.3 Å². The molecule has 1 saturated heterocycles. The van der Waals surface area contributed by atoms with Gasteiger partial charge in [0.25, 0.3) is 5.91 Å². The number of hydrogen-bond donors (Lipinski definition) is 1. The number of aromatic nitrogens is 2. The number of amides is 2. The van der Waals surface area contributed by atoms with Crippen molar-refractivity contribution < 1.29 is 18.5 Å². The fraction of sp³-hybridized carbons (Fsp3) is 0.333. The third kappa shape index (κ3) is 4.92. The van der Waals surface area contributed by atoms with Gasteiger partial charge in [0.15, 0.2) is 10.4 Å². The molecular formula is C18H18BrN5O4S. The standard InChI is InChI=1S/C18H18BrN5O4S/c19-14-4-3-12(27-14)18(26)20-10-16(25)24-7-5-23(6-8-24)11-15-21-17(22-28-15)13-2-1-9-29-13/h1-4,9H,5-8,10-11H2,(H,20,26). The van der Waals surface area contributed by atoms with Crippen LogP contribution >= 0.6 is 27.3 Å². The molecule has 9 nitrogen and oxygen atoms in total. The number of nitrogens with one attached hydrogen (secondary N) is 1. The topological polar surface area (TPSA) is 105 Å². The first-order valence-electron chi connectivity index (χ1n) is 8.98. The van der Waals surface area contributed by atoms with E-state index in [0.717, 1.165) is 4.88 Å². The molecule has 29 heavy (non-hydrogen) atoms. The monoisotopic (exact) mass is 479 g/mol. The Kier molecular flexibility index (Phi) is 6.07. The second kappa shape index (κ2) is 8.89. The van der Waals surface area contributed by atoms with Crippen molar-refractivity contribution in [3.8, 4) is 10.7 Å².